The van der Waals surface area contributed by atoms with E-state index >= 15 is 0 Å². The number of carbonyl (C=O) groups excluding carboxylic acids is 1. The van der Waals surface area contributed by atoms with Gasteiger partial charge in [-0.25, -0.2) is 0 Å². The minimum atomic E-state index is -0.353. The van der Waals surface area contributed by atoms with Crippen molar-refractivity contribution in [3.8, 4) is 0 Å². The molecule has 0 saturated carbocycles. The Hall–Kier alpha value is -0.320. The predicted octanol–water partition coefficient (Wildman–Crippen LogP) is 1.48. The second-order valence-electron chi connectivity index (χ2n) is 5.51. The Balaban J connectivity index is 0.00000162. The fraction of sp³-hybridized carbons (Fsp3) is 0.923. The van der Waals surface area contributed by atoms with Gasteiger partial charge in [-0.15, -0.1) is 12.4 Å². The lowest BCUT2D eigenvalue weighted by atomic mass is 9.90. The third-order valence-corrected chi connectivity index (χ3v) is 3.93. The summed E-state index contributed by atoms with van der Waals surface area (Å²) in [6.45, 7) is 5.40. The highest BCUT2D eigenvalue weighted by Gasteiger charge is 2.34. The van der Waals surface area contributed by atoms with Crippen molar-refractivity contribution in [1.29, 1.82) is 0 Å². The lowest BCUT2D eigenvalue weighted by Gasteiger charge is -2.34. The van der Waals surface area contributed by atoms with Crippen LogP contribution in [0.1, 0.15) is 39.0 Å². The summed E-state index contributed by atoms with van der Waals surface area (Å²) >= 11 is 0. The van der Waals surface area contributed by atoms with E-state index in [1.165, 1.54) is 12.8 Å². The standard InChI is InChI=1S/C13H24N2O2.ClH/c1-13(6-2-3-7-15-13)12(16)14-9-11-5-4-8-17-10-11;/h11,15H,2-10H2,1H3,(H,14,16);1H. The van der Waals surface area contributed by atoms with Crippen LogP contribution in [0.15, 0.2) is 0 Å². The van der Waals surface area contributed by atoms with Crippen molar-refractivity contribution in [3.63, 3.8) is 0 Å². The number of carbonyl (C=O) groups is 1. The number of hydrogen-bond donors (Lipinski definition) is 2. The van der Waals surface area contributed by atoms with E-state index in [1.807, 2.05) is 6.92 Å². The van der Waals surface area contributed by atoms with Gasteiger partial charge in [-0.1, -0.05) is 0 Å². The molecule has 18 heavy (non-hydrogen) atoms. The first-order valence-electron chi connectivity index (χ1n) is 6.82. The smallest absolute Gasteiger partial charge is 0.240 e. The maximum atomic E-state index is 12.1. The molecular formula is C13H25ClN2O2. The maximum Gasteiger partial charge on any atom is 0.240 e. The Morgan fingerprint density at radius 1 is 1.44 bits per heavy atom. The molecule has 0 spiro atoms. The van der Waals surface area contributed by atoms with E-state index in [0.717, 1.165) is 45.6 Å². The van der Waals surface area contributed by atoms with E-state index < -0.39 is 0 Å². The highest BCUT2D eigenvalue weighted by Crippen LogP contribution is 2.19. The molecule has 0 aromatic heterocycles. The summed E-state index contributed by atoms with van der Waals surface area (Å²) in [5, 5.41) is 6.42. The quantitative estimate of drug-likeness (QED) is 0.821. The van der Waals surface area contributed by atoms with Crippen molar-refractivity contribution >= 4 is 18.3 Å². The van der Waals surface area contributed by atoms with Gasteiger partial charge in [0.2, 0.25) is 5.91 Å². The van der Waals surface area contributed by atoms with Crippen LogP contribution < -0.4 is 10.6 Å². The SMILES string of the molecule is CC1(C(=O)NCC2CCCOC2)CCCCN1.Cl. The van der Waals surface area contributed by atoms with Gasteiger partial charge < -0.3 is 15.4 Å². The van der Waals surface area contributed by atoms with Crippen molar-refractivity contribution in [2.45, 2.75) is 44.6 Å². The molecule has 0 aliphatic carbocycles. The summed E-state index contributed by atoms with van der Waals surface area (Å²) in [5.41, 5.74) is -0.353. The van der Waals surface area contributed by atoms with Gasteiger partial charge in [0.25, 0.3) is 0 Å². The average molecular weight is 277 g/mol. The number of nitrogens with one attached hydrogen (secondary N) is 2. The van der Waals surface area contributed by atoms with E-state index in [4.69, 9.17) is 4.74 Å². The first-order chi connectivity index (χ1) is 8.21. The highest BCUT2D eigenvalue weighted by molar-refractivity contribution is 5.86. The minimum absolute atomic E-state index is 0. The monoisotopic (exact) mass is 276 g/mol. The van der Waals surface area contributed by atoms with Crippen LogP contribution >= 0.6 is 12.4 Å². The van der Waals surface area contributed by atoms with Crippen LogP contribution in [0.2, 0.25) is 0 Å². The third-order valence-electron chi connectivity index (χ3n) is 3.93. The van der Waals surface area contributed by atoms with Crippen LogP contribution in [-0.4, -0.2) is 37.7 Å². The average Bonchev–Trinajstić information content (AvgIpc) is 2.38. The number of ether oxygens (including phenoxy) is 1. The number of amides is 1. The zero-order chi connectivity index (χ0) is 12.1. The van der Waals surface area contributed by atoms with Gasteiger partial charge in [0.05, 0.1) is 12.1 Å². The molecule has 2 fully saturated rings. The molecule has 2 heterocycles. The largest absolute Gasteiger partial charge is 0.381 e. The van der Waals surface area contributed by atoms with Crippen LogP contribution in [-0.2, 0) is 9.53 Å². The Labute approximate surface area is 116 Å². The van der Waals surface area contributed by atoms with Crippen LogP contribution in [0.4, 0.5) is 0 Å². The fourth-order valence-electron chi connectivity index (χ4n) is 2.65. The normalized spacial score (nSPS) is 32.4. The van der Waals surface area contributed by atoms with E-state index in [9.17, 15) is 4.79 Å². The molecule has 2 aliphatic rings. The fourth-order valence-corrected chi connectivity index (χ4v) is 2.65. The molecule has 0 aromatic carbocycles. The summed E-state index contributed by atoms with van der Waals surface area (Å²) in [6.07, 6.45) is 5.56. The second kappa shape index (κ2) is 7.31. The molecule has 106 valence electrons. The molecule has 2 unspecified atom stereocenters. The van der Waals surface area contributed by atoms with Crippen molar-refractivity contribution in [1.82, 2.24) is 10.6 Å². The maximum absolute atomic E-state index is 12.1. The predicted molar refractivity (Wildman–Crippen MR) is 74.1 cm³/mol. The molecule has 0 radical (unpaired) electrons. The topological polar surface area (TPSA) is 50.4 Å². The van der Waals surface area contributed by atoms with Gasteiger partial charge in [-0.2, -0.15) is 0 Å². The number of rotatable bonds is 3. The van der Waals surface area contributed by atoms with Crippen molar-refractivity contribution in [3.05, 3.63) is 0 Å². The molecule has 2 N–H and O–H groups in total. The van der Waals surface area contributed by atoms with Crippen molar-refractivity contribution < 1.29 is 9.53 Å². The first-order valence-corrected chi connectivity index (χ1v) is 6.82. The minimum Gasteiger partial charge on any atom is -0.381 e. The van der Waals surface area contributed by atoms with Gasteiger partial charge in [0, 0.05) is 13.2 Å². The van der Waals surface area contributed by atoms with E-state index in [1.54, 1.807) is 0 Å². The lowest BCUT2D eigenvalue weighted by molar-refractivity contribution is -0.128. The molecule has 2 aliphatic heterocycles. The molecule has 2 rings (SSSR count). The third kappa shape index (κ3) is 4.11. The summed E-state index contributed by atoms with van der Waals surface area (Å²) in [7, 11) is 0. The Kier molecular flexibility index (Phi) is 6.39. The van der Waals surface area contributed by atoms with Crippen LogP contribution in [0.5, 0.6) is 0 Å². The van der Waals surface area contributed by atoms with Gasteiger partial charge in [0.15, 0.2) is 0 Å². The van der Waals surface area contributed by atoms with E-state index in [0.29, 0.717) is 5.92 Å². The molecule has 4 nitrogen and oxygen atoms in total. The molecule has 0 bridgehead atoms. The zero-order valence-corrected chi connectivity index (χ0v) is 12.0. The number of piperidine rings is 1. The summed E-state index contributed by atoms with van der Waals surface area (Å²) in [6, 6.07) is 0. The van der Waals surface area contributed by atoms with Crippen LogP contribution in [0, 0.1) is 5.92 Å². The molecule has 2 atom stereocenters. The van der Waals surface area contributed by atoms with Gasteiger partial charge in [-0.3, -0.25) is 4.79 Å². The molecular weight excluding hydrogens is 252 g/mol. The first kappa shape index (κ1) is 15.7. The van der Waals surface area contributed by atoms with Crippen LogP contribution in [0.25, 0.3) is 0 Å². The van der Waals surface area contributed by atoms with Crippen LogP contribution in [0.3, 0.4) is 0 Å². The second-order valence-corrected chi connectivity index (χ2v) is 5.51. The van der Waals surface area contributed by atoms with Crippen molar-refractivity contribution in [2.75, 3.05) is 26.3 Å². The Morgan fingerprint density at radius 2 is 2.28 bits per heavy atom. The zero-order valence-electron chi connectivity index (χ0n) is 11.2. The van der Waals surface area contributed by atoms with E-state index in [2.05, 4.69) is 10.6 Å². The van der Waals surface area contributed by atoms with Crippen molar-refractivity contribution in [2.24, 2.45) is 5.92 Å². The Morgan fingerprint density at radius 3 is 2.89 bits per heavy atom. The molecule has 1 amide bonds. The van der Waals surface area contributed by atoms with Gasteiger partial charge in [-0.05, 0) is 51.5 Å². The highest BCUT2D eigenvalue weighted by atomic mass is 35.5. The molecule has 2 saturated heterocycles. The van der Waals surface area contributed by atoms with Gasteiger partial charge in [0.1, 0.15) is 0 Å². The summed E-state index contributed by atoms with van der Waals surface area (Å²) in [5.74, 6) is 0.655. The Bertz CT molecular complexity index is 262. The van der Waals surface area contributed by atoms with Gasteiger partial charge >= 0.3 is 0 Å². The van der Waals surface area contributed by atoms with E-state index in [-0.39, 0.29) is 23.9 Å². The number of hydrogen-bond acceptors (Lipinski definition) is 3. The summed E-state index contributed by atoms with van der Waals surface area (Å²) in [4.78, 5) is 12.1. The molecule has 0 aromatic rings. The number of halogens is 1. The lowest BCUT2D eigenvalue weighted by Crippen LogP contribution is -2.57. The summed E-state index contributed by atoms with van der Waals surface area (Å²) < 4.78 is 5.42. The molecule has 5 heteroatoms.